The zero-order valence-corrected chi connectivity index (χ0v) is 12.8. The Balaban J connectivity index is 1.49. The Bertz CT molecular complexity index is 780. The summed E-state index contributed by atoms with van der Waals surface area (Å²) >= 11 is 0. The Morgan fingerprint density at radius 2 is 1.87 bits per heavy atom. The molecule has 1 aliphatic heterocycles. The van der Waals surface area contributed by atoms with Crippen LogP contribution >= 0.6 is 0 Å². The molecule has 1 heterocycles. The highest BCUT2D eigenvalue weighted by molar-refractivity contribution is 5.90. The topological polar surface area (TPSA) is 57.6 Å². The summed E-state index contributed by atoms with van der Waals surface area (Å²) in [7, 11) is 0. The van der Waals surface area contributed by atoms with Gasteiger partial charge in [-0.05, 0) is 34.6 Å². The lowest BCUT2D eigenvalue weighted by Gasteiger charge is -2.26. The second-order valence-electron chi connectivity index (χ2n) is 6.64. The van der Waals surface area contributed by atoms with Crippen molar-refractivity contribution in [2.45, 2.75) is 12.8 Å². The molecule has 1 N–H and O–H groups in total. The van der Waals surface area contributed by atoms with Crippen molar-refractivity contribution in [3.63, 3.8) is 0 Å². The lowest BCUT2D eigenvalue weighted by atomic mass is 10.0. The van der Waals surface area contributed by atoms with Gasteiger partial charge in [0.1, 0.15) is 0 Å². The fourth-order valence-electron chi connectivity index (χ4n) is 4.05. The van der Waals surface area contributed by atoms with Crippen molar-refractivity contribution in [2.24, 2.45) is 17.8 Å². The molecule has 1 aliphatic carbocycles. The Hall–Kier alpha value is -2.36. The lowest BCUT2D eigenvalue weighted by molar-refractivity contribution is -0.139. The number of nitrogens with zero attached hydrogens (tertiary/aromatic N) is 1. The van der Waals surface area contributed by atoms with E-state index in [2.05, 4.69) is 12.1 Å². The molecule has 2 fully saturated rings. The van der Waals surface area contributed by atoms with Crippen molar-refractivity contribution >= 4 is 22.6 Å². The molecule has 2 aromatic rings. The first-order valence-electron chi connectivity index (χ1n) is 8.12. The SMILES string of the molecule is O=C(O)[C@@H]1[C@@H]2CCN(C(=O)Cc3cccc4ccccc34)C[C@@H]21. The third-order valence-electron chi connectivity index (χ3n) is 5.35. The molecular formula is C19H19NO3. The first-order chi connectivity index (χ1) is 11.1. The van der Waals surface area contributed by atoms with Gasteiger partial charge in [0.2, 0.25) is 5.91 Å². The molecule has 3 atom stereocenters. The van der Waals surface area contributed by atoms with E-state index in [9.17, 15) is 9.59 Å². The highest BCUT2D eigenvalue weighted by Gasteiger charge is 2.57. The van der Waals surface area contributed by atoms with E-state index in [-0.39, 0.29) is 23.7 Å². The minimum Gasteiger partial charge on any atom is -0.481 e. The quantitative estimate of drug-likeness (QED) is 0.948. The van der Waals surface area contributed by atoms with Crippen LogP contribution in [0, 0.1) is 17.8 Å². The van der Waals surface area contributed by atoms with E-state index >= 15 is 0 Å². The standard InChI is InChI=1S/C19H19NO3/c21-17(20-9-8-15-16(11-20)18(15)19(22)23)10-13-6-3-5-12-4-1-2-7-14(12)13/h1-7,15-16,18H,8-11H2,(H,22,23)/t15-,16+,18-/m1/s1. The molecule has 0 unspecified atom stereocenters. The summed E-state index contributed by atoms with van der Waals surface area (Å²) in [6.07, 6.45) is 1.21. The van der Waals surface area contributed by atoms with Crippen LogP contribution in [0.4, 0.5) is 0 Å². The Morgan fingerprint density at radius 3 is 2.70 bits per heavy atom. The van der Waals surface area contributed by atoms with Gasteiger partial charge >= 0.3 is 5.97 Å². The number of piperidine rings is 1. The average Bonchev–Trinajstić information content (AvgIpc) is 3.28. The van der Waals surface area contributed by atoms with Crippen molar-refractivity contribution in [3.8, 4) is 0 Å². The zero-order valence-electron chi connectivity index (χ0n) is 12.8. The van der Waals surface area contributed by atoms with E-state index in [0.717, 1.165) is 22.8 Å². The molecule has 0 bridgehead atoms. The van der Waals surface area contributed by atoms with Crippen molar-refractivity contribution in [2.75, 3.05) is 13.1 Å². The molecular weight excluding hydrogens is 290 g/mol. The van der Waals surface area contributed by atoms with Gasteiger partial charge in [-0.1, -0.05) is 42.5 Å². The Morgan fingerprint density at radius 1 is 1.09 bits per heavy atom. The first kappa shape index (κ1) is 14.2. The second kappa shape index (κ2) is 5.37. The van der Waals surface area contributed by atoms with Crippen LogP contribution in [0.15, 0.2) is 42.5 Å². The molecule has 23 heavy (non-hydrogen) atoms. The van der Waals surface area contributed by atoms with E-state index in [1.807, 2.05) is 35.2 Å². The molecule has 118 valence electrons. The summed E-state index contributed by atoms with van der Waals surface area (Å²) < 4.78 is 0. The third-order valence-corrected chi connectivity index (χ3v) is 5.35. The van der Waals surface area contributed by atoms with Crippen molar-refractivity contribution in [1.82, 2.24) is 4.90 Å². The van der Waals surface area contributed by atoms with Gasteiger partial charge in [-0.3, -0.25) is 9.59 Å². The molecule has 4 nitrogen and oxygen atoms in total. The molecule has 2 aliphatic rings. The number of likely N-dealkylation sites (tertiary alicyclic amines) is 1. The summed E-state index contributed by atoms with van der Waals surface area (Å²) in [5, 5.41) is 11.4. The average molecular weight is 309 g/mol. The number of benzene rings is 2. The zero-order chi connectivity index (χ0) is 16.0. The van der Waals surface area contributed by atoms with Gasteiger partial charge in [0.05, 0.1) is 12.3 Å². The number of carboxylic acid groups (broad SMARTS) is 1. The summed E-state index contributed by atoms with van der Waals surface area (Å²) in [5.41, 5.74) is 1.04. The molecule has 0 aromatic heterocycles. The Kier molecular flexibility index (Phi) is 3.33. The molecule has 1 saturated heterocycles. The summed E-state index contributed by atoms with van der Waals surface area (Å²) in [4.78, 5) is 25.6. The van der Waals surface area contributed by atoms with Gasteiger partial charge in [0, 0.05) is 13.1 Å². The maximum Gasteiger partial charge on any atom is 0.307 e. The van der Waals surface area contributed by atoms with Gasteiger partial charge in [0.25, 0.3) is 0 Å². The van der Waals surface area contributed by atoms with Crippen molar-refractivity contribution < 1.29 is 14.7 Å². The van der Waals surface area contributed by atoms with Crippen LogP contribution in [-0.4, -0.2) is 35.0 Å². The fraction of sp³-hybridized carbons (Fsp3) is 0.368. The van der Waals surface area contributed by atoms with Crippen molar-refractivity contribution in [3.05, 3.63) is 48.0 Å². The molecule has 1 saturated carbocycles. The summed E-state index contributed by atoms with van der Waals surface area (Å²) in [6.45, 7) is 1.29. The summed E-state index contributed by atoms with van der Waals surface area (Å²) in [6, 6.07) is 14.1. The van der Waals surface area contributed by atoms with Crippen LogP contribution in [0.25, 0.3) is 10.8 Å². The van der Waals surface area contributed by atoms with Gasteiger partial charge in [-0.25, -0.2) is 0 Å². The monoisotopic (exact) mass is 309 g/mol. The van der Waals surface area contributed by atoms with Crippen molar-refractivity contribution in [1.29, 1.82) is 0 Å². The van der Waals surface area contributed by atoms with Crippen LogP contribution in [0.3, 0.4) is 0 Å². The van der Waals surface area contributed by atoms with Gasteiger partial charge < -0.3 is 10.0 Å². The predicted octanol–water partition coefficient (Wildman–Crippen LogP) is 2.56. The van der Waals surface area contributed by atoms with Crippen LogP contribution < -0.4 is 0 Å². The van der Waals surface area contributed by atoms with Gasteiger partial charge in [0.15, 0.2) is 0 Å². The molecule has 2 aromatic carbocycles. The maximum absolute atomic E-state index is 12.6. The number of carbonyl (C=O) groups excluding carboxylic acids is 1. The highest BCUT2D eigenvalue weighted by atomic mass is 16.4. The molecule has 1 amide bonds. The minimum atomic E-state index is -0.705. The number of carbonyl (C=O) groups is 2. The number of fused-ring (bicyclic) bond motifs is 2. The lowest BCUT2D eigenvalue weighted by Crippen LogP contribution is -2.38. The van der Waals surface area contributed by atoms with E-state index in [1.54, 1.807) is 0 Å². The number of amides is 1. The molecule has 0 radical (unpaired) electrons. The molecule has 0 spiro atoms. The van der Waals surface area contributed by atoms with Crippen LogP contribution in [0.5, 0.6) is 0 Å². The number of rotatable bonds is 3. The second-order valence-corrected chi connectivity index (χ2v) is 6.64. The van der Waals surface area contributed by atoms with E-state index in [4.69, 9.17) is 5.11 Å². The van der Waals surface area contributed by atoms with E-state index in [0.29, 0.717) is 19.5 Å². The fourth-order valence-corrected chi connectivity index (χ4v) is 4.05. The van der Waals surface area contributed by atoms with E-state index < -0.39 is 5.97 Å². The number of hydrogen-bond donors (Lipinski definition) is 1. The number of aliphatic carboxylic acids is 1. The predicted molar refractivity (Wildman–Crippen MR) is 87.0 cm³/mol. The first-order valence-corrected chi connectivity index (χ1v) is 8.12. The Labute approximate surface area is 134 Å². The third kappa shape index (κ3) is 2.48. The number of carboxylic acids is 1. The van der Waals surface area contributed by atoms with Gasteiger partial charge in [-0.2, -0.15) is 0 Å². The largest absolute Gasteiger partial charge is 0.481 e. The van der Waals surface area contributed by atoms with Crippen LogP contribution in [-0.2, 0) is 16.0 Å². The van der Waals surface area contributed by atoms with Crippen LogP contribution in [0.2, 0.25) is 0 Å². The van der Waals surface area contributed by atoms with E-state index in [1.165, 1.54) is 0 Å². The number of hydrogen-bond acceptors (Lipinski definition) is 2. The van der Waals surface area contributed by atoms with Crippen LogP contribution in [0.1, 0.15) is 12.0 Å². The smallest absolute Gasteiger partial charge is 0.307 e. The maximum atomic E-state index is 12.6. The molecule has 4 heteroatoms. The molecule has 4 rings (SSSR count). The summed E-state index contributed by atoms with van der Waals surface area (Å²) in [5.74, 6) is -0.378. The van der Waals surface area contributed by atoms with Gasteiger partial charge in [-0.15, -0.1) is 0 Å². The normalized spacial score (nSPS) is 25.9. The minimum absolute atomic E-state index is 0.107. The highest BCUT2D eigenvalue weighted by Crippen LogP contribution is 2.51.